The van der Waals surface area contributed by atoms with Crippen molar-refractivity contribution in [2.45, 2.75) is 6.42 Å². The molecule has 0 heterocycles. The van der Waals surface area contributed by atoms with E-state index < -0.39 is 0 Å². The molecular weight excluding hydrogens is 184 g/mol. The van der Waals surface area contributed by atoms with Gasteiger partial charge in [-0.05, 0) is 65.6 Å². The second-order valence-electron chi connectivity index (χ2n) is 7.64. The summed E-state index contributed by atoms with van der Waals surface area (Å²) < 4.78 is 0. The maximum atomic E-state index is 12.3. The highest BCUT2D eigenvalue weighted by atomic mass is 16.1. The minimum Gasteiger partial charge on any atom is -0.299 e. The molecule has 8 fully saturated rings. The lowest BCUT2D eigenvalue weighted by Gasteiger charge is -2.24. The number of carbonyl (C=O) groups is 1. The molecule has 8 rings (SSSR count). The number of hydrogen-bond acceptors (Lipinski definition) is 1. The molecule has 0 aromatic rings. The molecule has 0 aromatic carbocycles. The lowest BCUT2D eigenvalue weighted by Crippen LogP contribution is -2.21. The lowest BCUT2D eigenvalue weighted by molar-refractivity contribution is -0.122. The highest BCUT2D eigenvalue weighted by Gasteiger charge is 2.90. The van der Waals surface area contributed by atoms with Crippen LogP contribution >= 0.6 is 0 Å². The van der Waals surface area contributed by atoms with Crippen molar-refractivity contribution in [1.29, 1.82) is 0 Å². The molecular formula is C14H14O. The Bertz CT molecular complexity index is 396. The molecule has 0 N–H and O–H groups in total. The maximum absolute atomic E-state index is 12.3. The van der Waals surface area contributed by atoms with Crippen LogP contribution in [0.5, 0.6) is 0 Å². The third kappa shape index (κ3) is 0.325. The SMILES string of the molecule is O=C1C2C3C4C5CC6C4C2C2C1C3C5C62. The highest BCUT2D eigenvalue weighted by molar-refractivity contribution is 5.92. The van der Waals surface area contributed by atoms with Crippen molar-refractivity contribution in [1.82, 2.24) is 0 Å². The number of hydrogen-bond donors (Lipinski definition) is 0. The van der Waals surface area contributed by atoms with E-state index >= 15 is 0 Å². The van der Waals surface area contributed by atoms with Gasteiger partial charge in [0.15, 0.2) is 0 Å². The maximum Gasteiger partial charge on any atom is 0.140 e. The molecule has 15 heavy (non-hydrogen) atoms. The molecule has 8 unspecified atom stereocenters. The second-order valence-corrected chi connectivity index (χ2v) is 7.64. The first-order valence-corrected chi connectivity index (χ1v) is 6.93. The van der Waals surface area contributed by atoms with Crippen LogP contribution in [0, 0.1) is 71.0 Å². The van der Waals surface area contributed by atoms with Gasteiger partial charge in [-0.1, -0.05) is 0 Å². The van der Waals surface area contributed by atoms with Crippen molar-refractivity contribution in [2.75, 3.05) is 0 Å². The van der Waals surface area contributed by atoms with E-state index in [0.717, 1.165) is 65.0 Å². The zero-order valence-corrected chi connectivity index (χ0v) is 8.54. The van der Waals surface area contributed by atoms with Gasteiger partial charge in [0.05, 0.1) is 0 Å². The van der Waals surface area contributed by atoms with Gasteiger partial charge in [0, 0.05) is 11.8 Å². The molecule has 0 aromatic heterocycles. The molecule has 1 heteroatoms. The summed E-state index contributed by atoms with van der Waals surface area (Å²) in [5.41, 5.74) is 0. The molecule has 8 saturated carbocycles. The molecule has 0 amide bonds. The van der Waals surface area contributed by atoms with E-state index in [-0.39, 0.29) is 0 Å². The van der Waals surface area contributed by atoms with Crippen LogP contribution in [0.25, 0.3) is 0 Å². The summed E-state index contributed by atoms with van der Waals surface area (Å²) in [6.45, 7) is 0. The van der Waals surface area contributed by atoms with Crippen LogP contribution in [-0.4, -0.2) is 5.78 Å². The van der Waals surface area contributed by atoms with E-state index in [1.54, 1.807) is 6.42 Å². The normalized spacial score (nSPS) is 90.5. The Balaban J connectivity index is 1.75. The number of rotatable bonds is 0. The average molecular weight is 198 g/mol. The molecule has 0 aliphatic heterocycles. The van der Waals surface area contributed by atoms with Gasteiger partial charge >= 0.3 is 0 Å². The summed E-state index contributed by atoms with van der Waals surface area (Å²) in [6.07, 6.45) is 1.60. The molecule has 0 saturated heterocycles. The van der Waals surface area contributed by atoms with Crippen LogP contribution in [0.15, 0.2) is 0 Å². The van der Waals surface area contributed by atoms with E-state index in [0.29, 0.717) is 11.8 Å². The average Bonchev–Trinajstić information content (AvgIpc) is 2.83. The fraction of sp³-hybridized carbons (Fsp3) is 0.929. The smallest absolute Gasteiger partial charge is 0.140 e. The quantitative estimate of drug-likeness (QED) is 0.575. The second kappa shape index (κ2) is 1.39. The first-order chi connectivity index (χ1) is 7.39. The Morgan fingerprint density at radius 1 is 0.667 bits per heavy atom. The van der Waals surface area contributed by atoms with Crippen LogP contribution in [0.2, 0.25) is 0 Å². The molecule has 8 atom stereocenters. The molecule has 1 nitrogen and oxygen atoms in total. The minimum atomic E-state index is 0.614. The molecule has 0 spiro atoms. The monoisotopic (exact) mass is 198 g/mol. The Hall–Kier alpha value is -0.330. The van der Waals surface area contributed by atoms with E-state index in [1.165, 1.54) is 0 Å². The van der Waals surface area contributed by atoms with Crippen molar-refractivity contribution >= 4 is 5.78 Å². The summed E-state index contributed by atoms with van der Waals surface area (Å²) in [6, 6.07) is 0. The molecule has 76 valence electrons. The third-order valence-corrected chi connectivity index (χ3v) is 8.39. The molecule has 8 aliphatic rings. The van der Waals surface area contributed by atoms with Gasteiger partial charge in [-0.3, -0.25) is 4.79 Å². The Labute approximate surface area is 88.6 Å². The van der Waals surface area contributed by atoms with Crippen molar-refractivity contribution in [2.24, 2.45) is 71.0 Å². The van der Waals surface area contributed by atoms with E-state index in [2.05, 4.69) is 0 Å². The molecule has 4 bridgehead atoms. The van der Waals surface area contributed by atoms with E-state index in [1.807, 2.05) is 0 Å². The van der Waals surface area contributed by atoms with Gasteiger partial charge in [0.25, 0.3) is 0 Å². The minimum absolute atomic E-state index is 0.614. The van der Waals surface area contributed by atoms with Gasteiger partial charge < -0.3 is 0 Å². The van der Waals surface area contributed by atoms with Crippen LogP contribution < -0.4 is 0 Å². The lowest BCUT2D eigenvalue weighted by atomic mass is 9.80. The summed E-state index contributed by atoms with van der Waals surface area (Å²) >= 11 is 0. The van der Waals surface area contributed by atoms with Gasteiger partial charge in [-0.25, -0.2) is 0 Å². The zero-order chi connectivity index (χ0) is 9.21. The first-order valence-electron chi connectivity index (χ1n) is 6.93. The fourth-order valence-corrected chi connectivity index (χ4v) is 9.20. The fourth-order valence-electron chi connectivity index (χ4n) is 9.20. The number of Topliss-reactive ketones (excluding diaryl/α,β-unsaturated/α-hetero) is 1. The van der Waals surface area contributed by atoms with Crippen LogP contribution in [0.4, 0.5) is 0 Å². The van der Waals surface area contributed by atoms with E-state index in [4.69, 9.17) is 0 Å². The molecule has 0 radical (unpaired) electrons. The topological polar surface area (TPSA) is 17.1 Å². The van der Waals surface area contributed by atoms with Crippen LogP contribution in [0.1, 0.15) is 6.42 Å². The van der Waals surface area contributed by atoms with Crippen molar-refractivity contribution < 1.29 is 4.79 Å². The van der Waals surface area contributed by atoms with Crippen molar-refractivity contribution in [3.63, 3.8) is 0 Å². The molecule has 8 aliphatic carbocycles. The predicted molar refractivity (Wildman–Crippen MR) is 51.5 cm³/mol. The number of carbonyl (C=O) groups excluding carboxylic acids is 1. The highest BCUT2D eigenvalue weighted by Crippen LogP contribution is 2.91. The number of ketones is 1. The third-order valence-electron chi connectivity index (χ3n) is 8.39. The standard InChI is InChI=1S/C14H14O/c15-14-12-8-4-2-1-3-6(4)10(12)11-7(3)5(2)9(8)13(11)14/h2-13H,1H2. The largest absolute Gasteiger partial charge is 0.299 e. The van der Waals surface area contributed by atoms with E-state index in [9.17, 15) is 4.79 Å². The summed E-state index contributed by atoms with van der Waals surface area (Å²) in [7, 11) is 0. The van der Waals surface area contributed by atoms with Crippen LogP contribution in [-0.2, 0) is 4.79 Å². The Morgan fingerprint density at radius 3 is 1.47 bits per heavy atom. The zero-order valence-electron chi connectivity index (χ0n) is 8.54. The van der Waals surface area contributed by atoms with Crippen molar-refractivity contribution in [3.8, 4) is 0 Å². The van der Waals surface area contributed by atoms with Gasteiger partial charge in [-0.2, -0.15) is 0 Å². The summed E-state index contributed by atoms with van der Waals surface area (Å²) in [4.78, 5) is 12.3. The summed E-state index contributed by atoms with van der Waals surface area (Å²) in [5, 5.41) is 0. The predicted octanol–water partition coefficient (Wildman–Crippen LogP) is 1.44. The first kappa shape index (κ1) is 6.42. The Kier molecular flexibility index (Phi) is 0.596. The van der Waals surface area contributed by atoms with Gasteiger partial charge in [0.1, 0.15) is 5.78 Å². The van der Waals surface area contributed by atoms with Gasteiger partial charge in [-0.15, -0.1) is 0 Å². The van der Waals surface area contributed by atoms with Crippen molar-refractivity contribution in [3.05, 3.63) is 0 Å². The van der Waals surface area contributed by atoms with Gasteiger partial charge in [0.2, 0.25) is 0 Å². The summed E-state index contributed by atoms with van der Waals surface area (Å²) in [5.74, 6) is 12.2. The Morgan fingerprint density at radius 2 is 1.07 bits per heavy atom. The van der Waals surface area contributed by atoms with Crippen LogP contribution in [0.3, 0.4) is 0 Å².